The van der Waals surface area contributed by atoms with Gasteiger partial charge in [0, 0.05) is 23.1 Å². The lowest BCUT2D eigenvalue weighted by molar-refractivity contribution is -0.140. The summed E-state index contributed by atoms with van der Waals surface area (Å²) in [5.74, 6) is -0.788. The molecule has 0 saturated carbocycles. The van der Waals surface area contributed by atoms with Crippen LogP contribution in [0.1, 0.15) is 43.0 Å². The smallest absolute Gasteiger partial charge is 0.338 e. The van der Waals surface area contributed by atoms with E-state index in [2.05, 4.69) is 29.5 Å². The molecule has 2 fully saturated rings. The molecular formula is C24H24N2O5. The number of epoxide rings is 1. The van der Waals surface area contributed by atoms with Crippen LogP contribution in [0.3, 0.4) is 0 Å². The minimum absolute atomic E-state index is 0.0645. The summed E-state index contributed by atoms with van der Waals surface area (Å²) >= 11 is 0. The van der Waals surface area contributed by atoms with Gasteiger partial charge < -0.3 is 14.2 Å². The highest BCUT2D eigenvalue weighted by Gasteiger charge is 2.61. The molecule has 0 bridgehead atoms. The Balaban J connectivity index is 1.28. The van der Waals surface area contributed by atoms with Gasteiger partial charge in [-0.1, -0.05) is 12.7 Å². The Morgan fingerprint density at radius 1 is 1.39 bits per heavy atom. The molecular weight excluding hydrogens is 396 g/mol. The van der Waals surface area contributed by atoms with E-state index in [1.165, 1.54) is 6.33 Å². The van der Waals surface area contributed by atoms with Gasteiger partial charge in [0.25, 0.3) is 0 Å². The first-order chi connectivity index (χ1) is 14.9. The molecule has 160 valence electrons. The second-order valence-corrected chi connectivity index (χ2v) is 8.66. The molecule has 2 saturated heterocycles. The monoisotopic (exact) mass is 420 g/mol. The minimum atomic E-state index is -0.386. The molecule has 0 amide bonds. The quantitative estimate of drug-likeness (QED) is 0.325. The molecule has 3 aliphatic rings. The zero-order valence-electron chi connectivity index (χ0n) is 17.4. The summed E-state index contributed by atoms with van der Waals surface area (Å²) in [6.07, 6.45) is 8.01. The number of aromatic nitrogens is 2. The second-order valence-electron chi connectivity index (χ2n) is 8.66. The van der Waals surface area contributed by atoms with Crippen LogP contribution in [0.25, 0.3) is 10.9 Å². The Labute approximate surface area is 180 Å². The summed E-state index contributed by atoms with van der Waals surface area (Å²) < 4.78 is 17.1. The first-order valence-electron chi connectivity index (χ1n) is 10.6. The molecule has 3 heterocycles. The van der Waals surface area contributed by atoms with Crippen molar-refractivity contribution in [3.05, 3.63) is 60.1 Å². The maximum Gasteiger partial charge on any atom is 0.338 e. The van der Waals surface area contributed by atoms with Gasteiger partial charge in [-0.2, -0.15) is 0 Å². The van der Waals surface area contributed by atoms with Crippen molar-refractivity contribution in [3.63, 3.8) is 0 Å². The molecule has 1 aliphatic carbocycles. The third kappa shape index (κ3) is 3.74. The molecule has 7 heteroatoms. The van der Waals surface area contributed by atoms with E-state index in [4.69, 9.17) is 14.2 Å². The number of rotatable bonds is 3. The van der Waals surface area contributed by atoms with Gasteiger partial charge >= 0.3 is 11.9 Å². The van der Waals surface area contributed by atoms with Gasteiger partial charge in [0.2, 0.25) is 0 Å². The third-order valence-corrected chi connectivity index (χ3v) is 6.57. The number of ether oxygens (including phenoxy) is 3. The van der Waals surface area contributed by atoms with Crippen LogP contribution in [0.2, 0.25) is 0 Å². The average Bonchev–Trinajstić information content (AvgIpc) is 3.37. The summed E-state index contributed by atoms with van der Waals surface area (Å²) in [5, 5.41) is 0.789. The van der Waals surface area contributed by atoms with E-state index in [1.54, 1.807) is 24.4 Å². The molecule has 31 heavy (non-hydrogen) atoms. The standard InChI is InChI=1S/C24H24N2O5/c1-14-18-7-5-15(4-3-9-24(2)21(31-24)20(18)30-22(14)27)12-29-23(28)16-6-8-19-17(10-16)11-25-13-26-19/h4,6,8,10-11,13,18,20-21H,1,3,5,7,9,12H2,2H3/b15-4+/t18-,20-,21-,24+/m0/s1. The van der Waals surface area contributed by atoms with E-state index in [-0.39, 0.29) is 42.3 Å². The molecule has 0 radical (unpaired) electrons. The van der Waals surface area contributed by atoms with Crippen LogP contribution >= 0.6 is 0 Å². The number of benzene rings is 1. The van der Waals surface area contributed by atoms with Crippen molar-refractivity contribution in [2.75, 3.05) is 6.61 Å². The van der Waals surface area contributed by atoms with Crippen LogP contribution in [-0.4, -0.2) is 46.3 Å². The van der Waals surface area contributed by atoms with Crippen molar-refractivity contribution in [3.8, 4) is 0 Å². The maximum absolute atomic E-state index is 12.6. The number of fused-ring (bicyclic) bond motifs is 4. The van der Waals surface area contributed by atoms with Gasteiger partial charge in [-0.3, -0.25) is 0 Å². The predicted molar refractivity (Wildman–Crippen MR) is 112 cm³/mol. The maximum atomic E-state index is 12.6. The van der Waals surface area contributed by atoms with E-state index in [1.807, 2.05) is 0 Å². The number of hydrogen-bond acceptors (Lipinski definition) is 7. The first-order valence-corrected chi connectivity index (χ1v) is 10.6. The minimum Gasteiger partial charge on any atom is -0.458 e. The second kappa shape index (κ2) is 7.57. The zero-order valence-corrected chi connectivity index (χ0v) is 17.4. The highest BCUT2D eigenvalue weighted by Crippen LogP contribution is 2.49. The van der Waals surface area contributed by atoms with Crippen LogP contribution < -0.4 is 0 Å². The number of hydrogen-bond donors (Lipinski definition) is 0. The van der Waals surface area contributed by atoms with Crippen LogP contribution in [0.4, 0.5) is 0 Å². The largest absolute Gasteiger partial charge is 0.458 e. The molecule has 0 unspecified atom stereocenters. The topological polar surface area (TPSA) is 90.9 Å². The Kier molecular flexibility index (Phi) is 4.85. The average molecular weight is 420 g/mol. The van der Waals surface area contributed by atoms with Crippen LogP contribution in [0.15, 0.2) is 54.5 Å². The van der Waals surface area contributed by atoms with E-state index in [0.717, 1.165) is 29.3 Å². The van der Waals surface area contributed by atoms with Gasteiger partial charge in [-0.25, -0.2) is 19.6 Å². The molecule has 4 atom stereocenters. The molecule has 7 nitrogen and oxygen atoms in total. The molecule has 0 N–H and O–H groups in total. The number of nitrogens with zero attached hydrogens (tertiary/aromatic N) is 2. The summed E-state index contributed by atoms with van der Waals surface area (Å²) in [7, 11) is 0. The van der Waals surface area contributed by atoms with Gasteiger partial charge in [-0.05, 0) is 56.4 Å². The number of allylic oxidation sites excluding steroid dienone is 1. The summed E-state index contributed by atoms with van der Waals surface area (Å²) in [6.45, 7) is 6.21. The fraction of sp³-hybridized carbons (Fsp3) is 0.417. The third-order valence-electron chi connectivity index (χ3n) is 6.57. The SMILES string of the molecule is C=C1C(=O)O[C@H]2[C@H]1CC/C(COC(=O)c1ccc3ncncc3c1)=C\CC[C@@]1(C)O[C@@H]21. The van der Waals surface area contributed by atoms with Crippen LogP contribution in [0, 0.1) is 5.92 Å². The van der Waals surface area contributed by atoms with Gasteiger partial charge in [0.05, 0.1) is 16.7 Å². The summed E-state index contributed by atoms with van der Waals surface area (Å²) in [6, 6.07) is 5.23. The molecule has 1 aromatic carbocycles. The molecule has 0 spiro atoms. The van der Waals surface area contributed by atoms with Crippen LogP contribution in [-0.2, 0) is 19.0 Å². The lowest BCUT2D eigenvalue weighted by Crippen LogP contribution is -2.29. The fourth-order valence-corrected chi connectivity index (χ4v) is 4.60. The lowest BCUT2D eigenvalue weighted by atomic mass is 9.84. The molecule has 2 aromatic rings. The predicted octanol–water partition coefficient (Wildman–Crippen LogP) is 3.54. The van der Waals surface area contributed by atoms with E-state index in [9.17, 15) is 9.59 Å². The summed E-state index contributed by atoms with van der Waals surface area (Å²) in [4.78, 5) is 32.9. The van der Waals surface area contributed by atoms with Crippen molar-refractivity contribution in [1.82, 2.24) is 9.97 Å². The molecule has 1 aromatic heterocycles. The Morgan fingerprint density at radius 3 is 3.13 bits per heavy atom. The number of carbonyl (C=O) groups excluding carboxylic acids is 2. The Morgan fingerprint density at radius 2 is 2.26 bits per heavy atom. The van der Waals surface area contributed by atoms with Crippen molar-refractivity contribution in [2.45, 2.75) is 50.4 Å². The highest BCUT2D eigenvalue weighted by molar-refractivity contribution is 5.94. The summed E-state index contributed by atoms with van der Waals surface area (Å²) in [5.41, 5.74) is 2.51. The Bertz CT molecular complexity index is 1110. The van der Waals surface area contributed by atoms with E-state index < -0.39 is 0 Å². The van der Waals surface area contributed by atoms with E-state index in [0.29, 0.717) is 24.0 Å². The fourth-order valence-electron chi connectivity index (χ4n) is 4.60. The van der Waals surface area contributed by atoms with Crippen molar-refractivity contribution < 1.29 is 23.8 Å². The van der Waals surface area contributed by atoms with Crippen molar-refractivity contribution >= 4 is 22.8 Å². The van der Waals surface area contributed by atoms with Gasteiger partial charge in [0.1, 0.15) is 25.1 Å². The number of carbonyl (C=O) groups is 2. The van der Waals surface area contributed by atoms with Crippen molar-refractivity contribution in [2.24, 2.45) is 5.92 Å². The number of esters is 2. The molecule has 2 aliphatic heterocycles. The van der Waals surface area contributed by atoms with Gasteiger partial charge in [0.15, 0.2) is 0 Å². The molecule has 5 rings (SSSR count). The van der Waals surface area contributed by atoms with Crippen molar-refractivity contribution in [1.29, 1.82) is 0 Å². The lowest BCUT2D eigenvalue weighted by Gasteiger charge is -2.20. The Hall–Kier alpha value is -3.06. The zero-order chi connectivity index (χ0) is 21.6. The van der Waals surface area contributed by atoms with E-state index >= 15 is 0 Å². The van der Waals surface area contributed by atoms with Crippen LogP contribution in [0.5, 0.6) is 0 Å². The van der Waals surface area contributed by atoms with Gasteiger partial charge in [-0.15, -0.1) is 0 Å². The highest BCUT2D eigenvalue weighted by atomic mass is 16.6. The normalized spacial score (nSPS) is 31.8. The first kappa shape index (κ1) is 19.9.